The average molecular weight is 314 g/mol. The molecule has 0 atom stereocenters. The molecule has 2 rings (SSSR count). The first-order valence-corrected chi connectivity index (χ1v) is 8.44. The Morgan fingerprint density at radius 1 is 0.913 bits per heavy atom. The fraction of sp³-hybridized carbons (Fsp3) is 0.600. The first-order valence-electron chi connectivity index (χ1n) is 8.44. The van der Waals surface area contributed by atoms with Crippen LogP contribution in [0.1, 0.15) is 68.0 Å². The SMILES string of the molecule is CC(C)(C)c1cc(-c2cccc[n+]2C(C)(C)C)n(C(C)(C)C)n1. The van der Waals surface area contributed by atoms with Crippen molar-refractivity contribution in [1.29, 1.82) is 0 Å². The third-order valence-electron chi connectivity index (χ3n) is 3.96. The third-order valence-corrected chi connectivity index (χ3v) is 3.96. The zero-order valence-electron chi connectivity index (χ0n) is 16.2. The van der Waals surface area contributed by atoms with Gasteiger partial charge in [0.05, 0.1) is 11.2 Å². The lowest BCUT2D eigenvalue weighted by molar-refractivity contribution is -0.744. The van der Waals surface area contributed by atoms with E-state index in [-0.39, 0.29) is 16.5 Å². The summed E-state index contributed by atoms with van der Waals surface area (Å²) in [5.74, 6) is 0. The Balaban J connectivity index is 2.77. The first kappa shape index (κ1) is 17.7. The normalized spacial score (nSPS) is 13.4. The van der Waals surface area contributed by atoms with Gasteiger partial charge >= 0.3 is 0 Å². The molecule has 0 aliphatic rings. The molecule has 0 amide bonds. The number of hydrogen-bond acceptors (Lipinski definition) is 1. The van der Waals surface area contributed by atoms with Crippen LogP contribution in [0.15, 0.2) is 30.5 Å². The summed E-state index contributed by atoms with van der Waals surface area (Å²) in [7, 11) is 0. The molecule has 0 fully saturated rings. The van der Waals surface area contributed by atoms with Crippen LogP contribution in [0.2, 0.25) is 0 Å². The van der Waals surface area contributed by atoms with Crippen molar-refractivity contribution >= 4 is 0 Å². The Morgan fingerprint density at radius 2 is 1.52 bits per heavy atom. The lowest BCUT2D eigenvalue weighted by Gasteiger charge is -2.23. The van der Waals surface area contributed by atoms with Crippen LogP contribution >= 0.6 is 0 Å². The summed E-state index contributed by atoms with van der Waals surface area (Å²) in [6, 6.07) is 8.64. The molecule has 0 unspecified atom stereocenters. The summed E-state index contributed by atoms with van der Waals surface area (Å²) in [6.07, 6.45) is 2.16. The molecule has 23 heavy (non-hydrogen) atoms. The summed E-state index contributed by atoms with van der Waals surface area (Å²) in [5, 5.41) is 4.96. The predicted octanol–water partition coefficient (Wildman–Crippen LogP) is 4.65. The van der Waals surface area contributed by atoms with E-state index in [1.165, 1.54) is 11.4 Å². The van der Waals surface area contributed by atoms with Gasteiger partial charge < -0.3 is 0 Å². The van der Waals surface area contributed by atoms with Crippen molar-refractivity contribution in [1.82, 2.24) is 9.78 Å². The molecule has 2 aromatic heterocycles. The minimum atomic E-state index is -0.0651. The van der Waals surface area contributed by atoms with Crippen LogP contribution in [0.5, 0.6) is 0 Å². The van der Waals surface area contributed by atoms with Crippen LogP contribution in [0, 0.1) is 0 Å². The second-order valence-corrected chi connectivity index (χ2v) is 9.37. The maximum Gasteiger partial charge on any atom is 0.231 e. The molecule has 0 N–H and O–H groups in total. The van der Waals surface area contributed by atoms with Gasteiger partial charge in [-0.15, -0.1) is 0 Å². The van der Waals surface area contributed by atoms with E-state index < -0.39 is 0 Å². The van der Waals surface area contributed by atoms with Gasteiger partial charge in [0.2, 0.25) is 5.69 Å². The number of hydrogen-bond donors (Lipinski definition) is 0. The van der Waals surface area contributed by atoms with E-state index in [2.05, 4.69) is 102 Å². The Kier molecular flexibility index (Phi) is 4.21. The molecule has 0 bridgehead atoms. The summed E-state index contributed by atoms with van der Waals surface area (Å²) in [6.45, 7) is 20.0. The summed E-state index contributed by atoms with van der Waals surface area (Å²) < 4.78 is 4.50. The fourth-order valence-electron chi connectivity index (χ4n) is 2.68. The molecule has 0 aliphatic carbocycles. The van der Waals surface area contributed by atoms with Gasteiger partial charge in [0.1, 0.15) is 5.69 Å². The maximum atomic E-state index is 4.96. The van der Waals surface area contributed by atoms with Crippen molar-refractivity contribution in [3.05, 3.63) is 36.2 Å². The molecule has 0 aliphatic heterocycles. The quantitative estimate of drug-likeness (QED) is 0.702. The van der Waals surface area contributed by atoms with Gasteiger partial charge in [-0.2, -0.15) is 9.67 Å². The Bertz CT molecular complexity index is 689. The molecule has 0 spiro atoms. The van der Waals surface area contributed by atoms with Gasteiger partial charge in [-0.25, -0.2) is 0 Å². The highest BCUT2D eigenvalue weighted by molar-refractivity contribution is 5.53. The molecule has 0 radical (unpaired) electrons. The van der Waals surface area contributed by atoms with E-state index in [9.17, 15) is 0 Å². The van der Waals surface area contributed by atoms with Crippen LogP contribution in [-0.2, 0) is 16.5 Å². The molecule has 2 heterocycles. The van der Waals surface area contributed by atoms with Crippen molar-refractivity contribution in [2.24, 2.45) is 0 Å². The van der Waals surface area contributed by atoms with Crippen LogP contribution in [0.25, 0.3) is 11.4 Å². The number of aromatic nitrogens is 3. The highest BCUT2D eigenvalue weighted by Gasteiger charge is 2.32. The summed E-state index contributed by atoms with van der Waals surface area (Å²) >= 11 is 0. The van der Waals surface area contributed by atoms with Gasteiger partial charge in [-0.05, 0) is 32.9 Å². The number of nitrogens with zero attached hydrogens (tertiary/aromatic N) is 3. The largest absolute Gasteiger partial charge is 0.253 e. The van der Waals surface area contributed by atoms with Gasteiger partial charge in [0.15, 0.2) is 11.7 Å². The van der Waals surface area contributed by atoms with E-state index in [1.54, 1.807) is 0 Å². The number of rotatable bonds is 1. The van der Waals surface area contributed by atoms with Crippen molar-refractivity contribution in [2.75, 3.05) is 0 Å². The minimum Gasteiger partial charge on any atom is -0.253 e. The van der Waals surface area contributed by atoms with E-state index in [4.69, 9.17) is 5.10 Å². The van der Waals surface area contributed by atoms with E-state index in [0.29, 0.717) is 0 Å². The zero-order valence-corrected chi connectivity index (χ0v) is 16.2. The van der Waals surface area contributed by atoms with E-state index >= 15 is 0 Å². The lowest BCUT2D eigenvalue weighted by Crippen LogP contribution is -2.51. The molecule has 3 heteroatoms. The van der Waals surface area contributed by atoms with E-state index in [0.717, 1.165) is 5.69 Å². The molecular formula is C20H32N3+. The second-order valence-electron chi connectivity index (χ2n) is 9.37. The minimum absolute atomic E-state index is 0.0193. The van der Waals surface area contributed by atoms with Crippen LogP contribution in [0.3, 0.4) is 0 Å². The fourth-order valence-corrected chi connectivity index (χ4v) is 2.68. The average Bonchev–Trinajstić information content (AvgIpc) is 2.82. The predicted molar refractivity (Wildman–Crippen MR) is 96.6 cm³/mol. The van der Waals surface area contributed by atoms with Gasteiger partial charge in [0, 0.05) is 38.3 Å². The number of pyridine rings is 1. The van der Waals surface area contributed by atoms with Crippen LogP contribution < -0.4 is 4.57 Å². The highest BCUT2D eigenvalue weighted by Crippen LogP contribution is 2.30. The topological polar surface area (TPSA) is 21.7 Å². The van der Waals surface area contributed by atoms with Crippen LogP contribution in [0.4, 0.5) is 0 Å². The smallest absolute Gasteiger partial charge is 0.231 e. The summed E-state index contributed by atoms with van der Waals surface area (Å²) in [5.41, 5.74) is 3.50. The molecular weight excluding hydrogens is 282 g/mol. The van der Waals surface area contributed by atoms with Crippen molar-refractivity contribution in [3.8, 4) is 11.4 Å². The molecule has 0 aromatic carbocycles. The highest BCUT2D eigenvalue weighted by atomic mass is 15.3. The Hall–Kier alpha value is -1.64. The van der Waals surface area contributed by atoms with Gasteiger partial charge in [-0.3, -0.25) is 4.68 Å². The third kappa shape index (κ3) is 3.65. The second kappa shape index (κ2) is 5.47. The van der Waals surface area contributed by atoms with Gasteiger partial charge in [0.25, 0.3) is 0 Å². The maximum absolute atomic E-state index is 4.96. The molecule has 0 saturated heterocycles. The van der Waals surface area contributed by atoms with Crippen molar-refractivity contribution in [3.63, 3.8) is 0 Å². The Labute approximate surface area is 141 Å². The summed E-state index contributed by atoms with van der Waals surface area (Å²) in [4.78, 5) is 0. The Morgan fingerprint density at radius 3 is 2.00 bits per heavy atom. The van der Waals surface area contributed by atoms with Crippen LogP contribution in [-0.4, -0.2) is 9.78 Å². The standard InChI is InChI=1S/C20H32N3/c1-18(2,3)17-14-16(23(21-17)20(7,8)9)15-12-10-11-13-22(15)19(4,5)6/h10-14H,1-9H3/q+1. The lowest BCUT2D eigenvalue weighted by atomic mass is 9.92. The zero-order chi connectivity index (χ0) is 17.6. The molecule has 0 saturated carbocycles. The van der Waals surface area contributed by atoms with Crippen molar-refractivity contribution < 1.29 is 4.57 Å². The molecule has 3 nitrogen and oxygen atoms in total. The molecule has 2 aromatic rings. The first-order chi connectivity index (χ1) is 10.3. The van der Waals surface area contributed by atoms with E-state index in [1.807, 2.05) is 0 Å². The van der Waals surface area contributed by atoms with Gasteiger partial charge in [-0.1, -0.05) is 20.8 Å². The molecule has 126 valence electrons. The monoisotopic (exact) mass is 314 g/mol. The van der Waals surface area contributed by atoms with Crippen molar-refractivity contribution in [2.45, 2.75) is 78.8 Å².